The Morgan fingerprint density at radius 3 is 2.78 bits per heavy atom. The van der Waals surface area contributed by atoms with E-state index in [1.807, 2.05) is 40.6 Å². The van der Waals surface area contributed by atoms with Gasteiger partial charge in [-0.1, -0.05) is 13.0 Å². The Balaban J connectivity index is 2.01. The second kappa shape index (κ2) is 7.98. The molecule has 1 atom stereocenters. The minimum atomic E-state index is -3.23. The molecule has 0 radical (unpaired) electrons. The van der Waals surface area contributed by atoms with Crippen LogP contribution in [-0.2, 0) is 10.0 Å². The molecule has 1 aliphatic heterocycles. The highest BCUT2D eigenvalue weighted by Crippen LogP contribution is 2.29. The van der Waals surface area contributed by atoms with E-state index in [1.165, 1.54) is 10.6 Å². The number of nitrogens with zero attached hydrogens (tertiary/aromatic N) is 4. The molecule has 1 saturated heterocycles. The van der Waals surface area contributed by atoms with Crippen molar-refractivity contribution < 1.29 is 13.2 Å². The third-order valence-electron chi connectivity index (χ3n) is 5.16. The number of pyridine rings is 1. The van der Waals surface area contributed by atoms with Crippen molar-refractivity contribution in [1.82, 2.24) is 18.6 Å². The summed E-state index contributed by atoms with van der Waals surface area (Å²) in [6.45, 7) is 6.31. The lowest BCUT2D eigenvalue weighted by Gasteiger charge is -2.30. The van der Waals surface area contributed by atoms with Crippen LogP contribution in [0.15, 0.2) is 24.4 Å². The van der Waals surface area contributed by atoms with Gasteiger partial charge in [0.2, 0.25) is 10.0 Å². The number of amides is 1. The molecular weight excluding hydrogens is 364 g/mol. The topological polar surface area (TPSA) is 75.0 Å². The van der Waals surface area contributed by atoms with Crippen LogP contribution in [-0.4, -0.2) is 65.3 Å². The van der Waals surface area contributed by atoms with Gasteiger partial charge in [0, 0.05) is 38.3 Å². The van der Waals surface area contributed by atoms with Crippen LogP contribution in [0.5, 0.6) is 0 Å². The van der Waals surface area contributed by atoms with Gasteiger partial charge in [0.05, 0.1) is 11.8 Å². The number of carbonyl (C=O) groups excluding carboxylic acids is 1. The Morgan fingerprint density at radius 2 is 2.11 bits per heavy atom. The first kappa shape index (κ1) is 19.8. The fourth-order valence-electron chi connectivity index (χ4n) is 3.78. The molecule has 7 nitrogen and oxygen atoms in total. The van der Waals surface area contributed by atoms with Crippen molar-refractivity contribution in [3.8, 4) is 0 Å². The minimum Gasteiger partial charge on any atom is -0.338 e. The van der Waals surface area contributed by atoms with Gasteiger partial charge in [0.1, 0.15) is 5.82 Å². The van der Waals surface area contributed by atoms with Crippen molar-refractivity contribution in [3.63, 3.8) is 0 Å². The molecule has 148 valence electrons. The lowest BCUT2D eigenvalue weighted by molar-refractivity contribution is 0.0761. The Hall–Kier alpha value is -1.93. The minimum absolute atomic E-state index is 0.0221. The molecule has 1 unspecified atom stereocenters. The maximum absolute atomic E-state index is 13.0. The van der Waals surface area contributed by atoms with Crippen LogP contribution in [0.25, 0.3) is 5.52 Å². The number of carbonyl (C=O) groups is 1. The molecule has 0 N–H and O–H groups in total. The SMILES string of the molecule is CCCN(CC)C(=O)c1nc(C2CCCN(S(C)(=O)=O)C2)n2ccccc12. The van der Waals surface area contributed by atoms with E-state index in [2.05, 4.69) is 6.92 Å². The first-order valence-corrected chi connectivity index (χ1v) is 11.4. The van der Waals surface area contributed by atoms with Gasteiger partial charge in [-0.15, -0.1) is 0 Å². The van der Waals surface area contributed by atoms with Crippen LogP contribution in [0, 0.1) is 0 Å². The summed E-state index contributed by atoms with van der Waals surface area (Å²) in [5, 5.41) is 0. The second-order valence-corrected chi connectivity index (χ2v) is 9.10. The van der Waals surface area contributed by atoms with Gasteiger partial charge in [0.15, 0.2) is 5.69 Å². The molecule has 0 bridgehead atoms. The summed E-state index contributed by atoms with van der Waals surface area (Å²) < 4.78 is 27.4. The summed E-state index contributed by atoms with van der Waals surface area (Å²) in [4.78, 5) is 19.6. The highest BCUT2D eigenvalue weighted by Gasteiger charge is 2.31. The van der Waals surface area contributed by atoms with E-state index in [0.717, 1.165) is 30.6 Å². The Labute approximate surface area is 161 Å². The molecule has 8 heteroatoms. The van der Waals surface area contributed by atoms with E-state index in [-0.39, 0.29) is 11.8 Å². The van der Waals surface area contributed by atoms with E-state index in [0.29, 0.717) is 31.9 Å². The average Bonchev–Trinajstić information content (AvgIpc) is 3.05. The normalized spacial score (nSPS) is 18.7. The molecule has 2 aromatic heterocycles. The average molecular weight is 393 g/mol. The molecule has 0 aromatic carbocycles. The van der Waals surface area contributed by atoms with Crippen LogP contribution in [0.3, 0.4) is 0 Å². The Morgan fingerprint density at radius 1 is 1.33 bits per heavy atom. The zero-order chi connectivity index (χ0) is 19.6. The van der Waals surface area contributed by atoms with E-state index < -0.39 is 10.0 Å². The van der Waals surface area contributed by atoms with Gasteiger partial charge in [-0.05, 0) is 38.3 Å². The van der Waals surface area contributed by atoms with Gasteiger partial charge in [-0.2, -0.15) is 0 Å². The first-order valence-electron chi connectivity index (χ1n) is 9.58. The van der Waals surface area contributed by atoms with E-state index in [1.54, 1.807) is 0 Å². The summed E-state index contributed by atoms with van der Waals surface area (Å²) in [6, 6.07) is 5.71. The monoisotopic (exact) mass is 392 g/mol. The molecule has 3 rings (SSSR count). The van der Waals surface area contributed by atoms with Crippen molar-refractivity contribution >= 4 is 21.4 Å². The third kappa shape index (κ3) is 4.01. The van der Waals surface area contributed by atoms with Crippen molar-refractivity contribution in [1.29, 1.82) is 0 Å². The maximum Gasteiger partial charge on any atom is 0.274 e. The summed E-state index contributed by atoms with van der Waals surface area (Å²) in [5.41, 5.74) is 1.24. The molecule has 1 aliphatic rings. The Bertz CT molecular complexity index is 922. The van der Waals surface area contributed by atoms with Crippen LogP contribution in [0.2, 0.25) is 0 Å². The van der Waals surface area contributed by atoms with Gasteiger partial charge < -0.3 is 9.30 Å². The highest BCUT2D eigenvalue weighted by molar-refractivity contribution is 7.88. The first-order chi connectivity index (χ1) is 12.9. The van der Waals surface area contributed by atoms with Crippen molar-refractivity contribution in [3.05, 3.63) is 35.9 Å². The van der Waals surface area contributed by atoms with Gasteiger partial charge >= 0.3 is 0 Å². The maximum atomic E-state index is 13.0. The molecule has 0 aliphatic carbocycles. The summed E-state index contributed by atoms with van der Waals surface area (Å²) in [6.07, 6.45) is 5.70. The number of piperidine rings is 1. The molecule has 2 aromatic rings. The molecular formula is C19H28N4O3S. The van der Waals surface area contributed by atoms with Crippen LogP contribution in [0.4, 0.5) is 0 Å². The van der Waals surface area contributed by atoms with Crippen LogP contribution in [0.1, 0.15) is 55.3 Å². The van der Waals surface area contributed by atoms with Crippen LogP contribution >= 0.6 is 0 Å². The van der Waals surface area contributed by atoms with Crippen LogP contribution < -0.4 is 0 Å². The number of imidazole rings is 1. The van der Waals surface area contributed by atoms with Gasteiger partial charge in [-0.25, -0.2) is 17.7 Å². The second-order valence-electron chi connectivity index (χ2n) is 7.12. The molecule has 3 heterocycles. The number of rotatable bonds is 6. The highest BCUT2D eigenvalue weighted by atomic mass is 32.2. The van der Waals surface area contributed by atoms with E-state index in [9.17, 15) is 13.2 Å². The molecule has 1 fully saturated rings. The predicted molar refractivity (Wildman–Crippen MR) is 105 cm³/mol. The largest absolute Gasteiger partial charge is 0.338 e. The Kier molecular flexibility index (Phi) is 5.86. The number of hydrogen-bond acceptors (Lipinski definition) is 4. The smallest absolute Gasteiger partial charge is 0.274 e. The molecule has 0 saturated carbocycles. The summed E-state index contributed by atoms with van der Waals surface area (Å²) in [5.74, 6) is 0.686. The summed E-state index contributed by atoms with van der Waals surface area (Å²) >= 11 is 0. The van der Waals surface area contributed by atoms with Crippen molar-refractivity contribution in [2.75, 3.05) is 32.4 Å². The van der Waals surface area contributed by atoms with Gasteiger partial charge in [0.25, 0.3) is 5.91 Å². The van der Waals surface area contributed by atoms with Crippen molar-refractivity contribution in [2.24, 2.45) is 0 Å². The molecule has 0 spiro atoms. The summed E-state index contributed by atoms with van der Waals surface area (Å²) in [7, 11) is -3.23. The fourth-order valence-corrected chi connectivity index (χ4v) is 4.70. The molecule has 27 heavy (non-hydrogen) atoms. The van der Waals surface area contributed by atoms with E-state index >= 15 is 0 Å². The standard InChI is InChI=1S/C19H28N4O3S/c1-4-11-21(5-2)19(24)17-16-10-6-7-13-23(16)18(20-17)15-9-8-12-22(14-15)27(3,25)26/h6-7,10,13,15H,4-5,8-9,11-12,14H2,1-3H3. The number of sulfonamides is 1. The predicted octanol–water partition coefficient (Wildman–Crippen LogP) is 2.35. The zero-order valence-electron chi connectivity index (χ0n) is 16.3. The zero-order valence-corrected chi connectivity index (χ0v) is 17.1. The fraction of sp³-hybridized carbons (Fsp3) is 0.579. The number of aromatic nitrogens is 2. The number of fused-ring (bicyclic) bond motifs is 1. The lowest BCUT2D eigenvalue weighted by Crippen LogP contribution is -2.38. The lowest BCUT2D eigenvalue weighted by atomic mass is 9.99. The van der Waals surface area contributed by atoms with Crippen molar-refractivity contribution in [2.45, 2.75) is 39.0 Å². The molecule has 1 amide bonds. The third-order valence-corrected chi connectivity index (χ3v) is 6.43. The number of hydrogen-bond donors (Lipinski definition) is 0. The quantitative estimate of drug-likeness (QED) is 0.756. The van der Waals surface area contributed by atoms with E-state index in [4.69, 9.17) is 4.98 Å². The van der Waals surface area contributed by atoms with Gasteiger partial charge in [-0.3, -0.25) is 4.79 Å².